The van der Waals surface area contributed by atoms with Crippen LogP contribution in [0.4, 0.5) is 13.2 Å². The smallest absolute Gasteiger partial charge is 0.316 e. The van der Waals surface area contributed by atoms with Gasteiger partial charge in [0.25, 0.3) is 0 Å². The Kier molecular flexibility index (Phi) is 3.98. The quantitative estimate of drug-likeness (QED) is 0.823. The van der Waals surface area contributed by atoms with Crippen molar-refractivity contribution in [3.63, 3.8) is 0 Å². The zero-order chi connectivity index (χ0) is 12.5. The zero-order valence-corrected chi connectivity index (χ0v) is 10.3. The molecular formula is C12H21F3N2. The molecule has 1 N–H and O–H groups in total. The van der Waals surface area contributed by atoms with Crippen molar-refractivity contribution in [1.82, 2.24) is 10.2 Å². The minimum absolute atomic E-state index is 0.259. The first-order chi connectivity index (χ1) is 7.96. The van der Waals surface area contributed by atoms with Crippen molar-refractivity contribution in [3.8, 4) is 0 Å². The molecule has 2 heterocycles. The molecule has 0 radical (unpaired) electrons. The molecule has 2 aliphatic heterocycles. The van der Waals surface area contributed by atoms with Gasteiger partial charge in [0.1, 0.15) is 0 Å². The maximum absolute atomic E-state index is 12.0. The fraction of sp³-hybridized carbons (Fsp3) is 1.00. The van der Waals surface area contributed by atoms with Crippen LogP contribution in [0.1, 0.15) is 26.2 Å². The van der Waals surface area contributed by atoms with Crippen LogP contribution >= 0.6 is 0 Å². The van der Waals surface area contributed by atoms with Crippen LogP contribution in [0, 0.1) is 11.8 Å². The third-order valence-corrected chi connectivity index (χ3v) is 4.12. The van der Waals surface area contributed by atoms with Gasteiger partial charge in [-0.05, 0) is 44.7 Å². The highest BCUT2D eigenvalue weighted by Gasteiger charge is 2.37. The van der Waals surface area contributed by atoms with Crippen molar-refractivity contribution in [3.05, 3.63) is 0 Å². The van der Waals surface area contributed by atoms with Gasteiger partial charge < -0.3 is 5.32 Å². The Labute approximate surface area is 101 Å². The van der Waals surface area contributed by atoms with E-state index >= 15 is 0 Å². The summed E-state index contributed by atoms with van der Waals surface area (Å²) in [6.45, 7) is 6.34. The van der Waals surface area contributed by atoms with Crippen LogP contribution in [0.15, 0.2) is 0 Å². The highest BCUT2D eigenvalue weighted by atomic mass is 19.4. The third kappa shape index (κ3) is 3.58. The van der Waals surface area contributed by atoms with Crippen LogP contribution < -0.4 is 5.32 Å². The van der Waals surface area contributed by atoms with Crippen molar-refractivity contribution < 1.29 is 13.2 Å². The number of hydrogen-bond acceptors (Lipinski definition) is 2. The van der Waals surface area contributed by atoms with Crippen molar-refractivity contribution in [1.29, 1.82) is 0 Å². The second-order valence-corrected chi connectivity index (χ2v) is 5.49. The number of likely N-dealkylation sites (tertiary alicyclic amines) is 1. The van der Waals surface area contributed by atoms with E-state index in [-0.39, 0.29) is 6.42 Å². The van der Waals surface area contributed by atoms with Gasteiger partial charge in [0.15, 0.2) is 0 Å². The Bertz CT molecular complexity index is 243. The van der Waals surface area contributed by atoms with Crippen LogP contribution in [0.5, 0.6) is 0 Å². The summed E-state index contributed by atoms with van der Waals surface area (Å²) in [4.78, 5) is 2.37. The molecule has 0 aliphatic carbocycles. The van der Waals surface area contributed by atoms with Gasteiger partial charge in [0.05, 0.1) is 0 Å². The first-order valence-electron chi connectivity index (χ1n) is 6.47. The molecule has 0 saturated carbocycles. The molecule has 0 aromatic carbocycles. The summed E-state index contributed by atoms with van der Waals surface area (Å²) in [6, 6.07) is 0.294. The van der Waals surface area contributed by atoms with Gasteiger partial charge in [0.2, 0.25) is 0 Å². The molecule has 2 aliphatic rings. The molecule has 2 saturated heterocycles. The van der Waals surface area contributed by atoms with Gasteiger partial charge in [-0.1, -0.05) is 0 Å². The molecule has 100 valence electrons. The lowest BCUT2D eigenvalue weighted by atomic mass is 10.0. The van der Waals surface area contributed by atoms with E-state index in [4.69, 9.17) is 0 Å². The Balaban J connectivity index is 1.69. The highest BCUT2D eigenvalue weighted by molar-refractivity contribution is 4.92. The lowest BCUT2D eigenvalue weighted by molar-refractivity contribution is -0.136. The topological polar surface area (TPSA) is 15.3 Å². The lowest BCUT2D eigenvalue weighted by Gasteiger charge is -2.25. The van der Waals surface area contributed by atoms with Crippen LogP contribution in [0.2, 0.25) is 0 Å². The van der Waals surface area contributed by atoms with Gasteiger partial charge >= 0.3 is 6.18 Å². The molecule has 2 nitrogen and oxygen atoms in total. The summed E-state index contributed by atoms with van der Waals surface area (Å²) in [6.07, 6.45) is -3.72. The van der Waals surface area contributed by atoms with Gasteiger partial charge in [-0.3, -0.25) is 4.90 Å². The van der Waals surface area contributed by atoms with Crippen LogP contribution in [0.25, 0.3) is 0 Å². The highest BCUT2D eigenvalue weighted by Crippen LogP contribution is 2.29. The Morgan fingerprint density at radius 2 is 1.82 bits per heavy atom. The van der Waals surface area contributed by atoms with Crippen LogP contribution in [-0.2, 0) is 0 Å². The van der Waals surface area contributed by atoms with E-state index in [2.05, 4.69) is 17.1 Å². The summed E-state index contributed by atoms with van der Waals surface area (Å²) in [5, 5.41) is 3.37. The summed E-state index contributed by atoms with van der Waals surface area (Å²) in [5.74, 6) is 1.44. The van der Waals surface area contributed by atoms with Gasteiger partial charge in [-0.2, -0.15) is 13.2 Å². The van der Waals surface area contributed by atoms with Gasteiger partial charge in [0, 0.05) is 25.6 Å². The average molecular weight is 250 g/mol. The van der Waals surface area contributed by atoms with Crippen molar-refractivity contribution >= 4 is 0 Å². The number of halogens is 3. The SMILES string of the molecule is CC(CCCC(F)(F)F)N1CC2CNCC2C1. The predicted molar refractivity (Wildman–Crippen MR) is 60.8 cm³/mol. The Hall–Kier alpha value is -0.290. The maximum Gasteiger partial charge on any atom is 0.389 e. The van der Waals surface area contributed by atoms with E-state index in [0.29, 0.717) is 12.5 Å². The number of nitrogens with zero attached hydrogens (tertiary/aromatic N) is 1. The first-order valence-corrected chi connectivity index (χ1v) is 6.47. The van der Waals surface area contributed by atoms with Crippen molar-refractivity contribution in [2.24, 2.45) is 11.8 Å². The molecule has 2 rings (SSSR count). The maximum atomic E-state index is 12.0. The molecule has 5 heteroatoms. The minimum atomic E-state index is -3.99. The molecule has 0 spiro atoms. The fourth-order valence-electron chi connectivity index (χ4n) is 3.03. The monoisotopic (exact) mass is 250 g/mol. The minimum Gasteiger partial charge on any atom is -0.316 e. The van der Waals surface area contributed by atoms with E-state index in [1.165, 1.54) is 0 Å². The summed E-state index contributed by atoms with van der Waals surface area (Å²) < 4.78 is 36.1. The van der Waals surface area contributed by atoms with E-state index in [1.807, 2.05) is 0 Å². The average Bonchev–Trinajstić information content (AvgIpc) is 2.73. The summed E-state index contributed by atoms with van der Waals surface area (Å²) in [7, 11) is 0. The Morgan fingerprint density at radius 1 is 1.24 bits per heavy atom. The number of alkyl halides is 3. The van der Waals surface area contributed by atoms with Gasteiger partial charge in [-0.15, -0.1) is 0 Å². The summed E-state index contributed by atoms with van der Waals surface area (Å²) in [5.41, 5.74) is 0. The van der Waals surface area contributed by atoms with Crippen LogP contribution in [0.3, 0.4) is 0 Å². The van der Waals surface area contributed by atoms with Crippen LogP contribution in [-0.4, -0.2) is 43.3 Å². The third-order valence-electron chi connectivity index (χ3n) is 4.12. The second kappa shape index (κ2) is 5.14. The van der Waals surface area contributed by atoms with Crippen molar-refractivity contribution in [2.45, 2.75) is 38.4 Å². The number of nitrogens with one attached hydrogen (secondary N) is 1. The van der Waals surface area contributed by atoms with E-state index in [1.54, 1.807) is 0 Å². The second-order valence-electron chi connectivity index (χ2n) is 5.49. The molecule has 17 heavy (non-hydrogen) atoms. The molecule has 2 fully saturated rings. The first kappa shape index (κ1) is 13.1. The van der Waals surface area contributed by atoms with E-state index < -0.39 is 12.6 Å². The molecular weight excluding hydrogens is 229 g/mol. The molecule has 3 unspecified atom stereocenters. The molecule has 3 atom stereocenters. The largest absolute Gasteiger partial charge is 0.389 e. The summed E-state index contributed by atoms with van der Waals surface area (Å²) >= 11 is 0. The van der Waals surface area contributed by atoms with E-state index in [0.717, 1.165) is 38.0 Å². The fourth-order valence-corrected chi connectivity index (χ4v) is 3.03. The normalized spacial score (nSPS) is 31.8. The molecule has 0 aromatic heterocycles. The molecule has 0 aromatic rings. The lowest BCUT2D eigenvalue weighted by Crippen LogP contribution is -2.33. The standard InChI is InChI=1S/C12H21F3N2/c1-9(3-2-4-12(13,14)15)17-7-10-5-16-6-11(10)8-17/h9-11,16H,2-8H2,1H3. The molecule has 0 amide bonds. The zero-order valence-electron chi connectivity index (χ0n) is 10.3. The Morgan fingerprint density at radius 3 is 2.35 bits per heavy atom. The van der Waals surface area contributed by atoms with Crippen molar-refractivity contribution in [2.75, 3.05) is 26.2 Å². The van der Waals surface area contributed by atoms with E-state index in [9.17, 15) is 13.2 Å². The number of rotatable bonds is 4. The molecule has 0 bridgehead atoms. The predicted octanol–water partition coefficient (Wildman–Crippen LogP) is 2.26. The number of hydrogen-bond donors (Lipinski definition) is 1. The number of fused-ring (bicyclic) bond motifs is 1. The van der Waals surface area contributed by atoms with Gasteiger partial charge in [-0.25, -0.2) is 0 Å².